The molecule has 0 heterocycles. The van der Waals surface area contributed by atoms with Crippen LogP contribution in [0.2, 0.25) is 0 Å². The molecule has 0 bridgehead atoms. The average Bonchev–Trinajstić information content (AvgIpc) is 2.55. The summed E-state index contributed by atoms with van der Waals surface area (Å²) in [5.74, 6) is 0.514. The van der Waals surface area contributed by atoms with Crippen molar-refractivity contribution in [3.05, 3.63) is 59.7 Å². The summed E-state index contributed by atoms with van der Waals surface area (Å²) in [5, 5.41) is 2.85. The van der Waals surface area contributed by atoms with Crippen molar-refractivity contribution in [2.75, 3.05) is 5.32 Å². The average molecular weight is 363 g/mol. The van der Waals surface area contributed by atoms with Crippen molar-refractivity contribution in [3.63, 3.8) is 0 Å². The van der Waals surface area contributed by atoms with E-state index < -0.39 is 6.10 Å². The number of hydrogen-bond acceptors (Lipinski definition) is 3. The number of hydrogen-bond donors (Lipinski definition) is 2. The van der Waals surface area contributed by atoms with Crippen molar-refractivity contribution < 1.29 is 9.53 Å². The van der Waals surface area contributed by atoms with Crippen LogP contribution in [0.25, 0.3) is 0 Å². The van der Waals surface area contributed by atoms with E-state index >= 15 is 0 Å². The molecular formula is C20H27ClN2O2. The molecule has 0 spiro atoms. The molecule has 2 aromatic rings. The minimum atomic E-state index is -0.589. The van der Waals surface area contributed by atoms with E-state index in [0.717, 1.165) is 11.3 Å². The SMILES string of the molecule is CC(Oc1cccc(C(C)(C)C)c1)C(=O)Nc1ccc(CN)cc1.Cl. The third-order valence-corrected chi connectivity index (χ3v) is 3.84. The lowest BCUT2D eigenvalue weighted by molar-refractivity contribution is -0.122. The Morgan fingerprint density at radius 3 is 2.36 bits per heavy atom. The van der Waals surface area contributed by atoms with Crippen LogP contribution in [-0.4, -0.2) is 12.0 Å². The fourth-order valence-electron chi connectivity index (χ4n) is 2.26. The molecule has 0 aliphatic heterocycles. The smallest absolute Gasteiger partial charge is 0.265 e. The zero-order valence-corrected chi connectivity index (χ0v) is 16.0. The Kier molecular flexibility index (Phi) is 7.46. The zero-order valence-electron chi connectivity index (χ0n) is 15.2. The molecule has 25 heavy (non-hydrogen) atoms. The van der Waals surface area contributed by atoms with Gasteiger partial charge in [-0.15, -0.1) is 12.4 Å². The van der Waals surface area contributed by atoms with Gasteiger partial charge in [0, 0.05) is 12.2 Å². The molecule has 0 aliphatic rings. The van der Waals surface area contributed by atoms with Crippen LogP contribution >= 0.6 is 12.4 Å². The van der Waals surface area contributed by atoms with Gasteiger partial charge in [-0.05, 0) is 47.7 Å². The van der Waals surface area contributed by atoms with Crippen LogP contribution in [0.4, 0.5) is 5.69 Å². The van der Waals surface area contributed by atoms with Crippen LogP contribution in [0.1, 0.15) is 38.8 Å². The summed E-state index contributed by atoms with van der Waals surface area (Å²) in [6.07, 6.45) is -0.589. The number of nitrogens with one attached hydrogen (secondary N) is 1. The van der Waals surface area contributed by atoms with Gasteiger partial charge in [0.1, 0.15) is 5.75 Å². The Bertz CT molecular complexity index is 694. The van der Waals surface area contributed by atoms with Crippen LogP contribution in [0, 0.1) is 0 Å². The lowest BCUT2D eigenvalue weighted by Crippen LogP contribution is -2.30. The maximum atomic E-state index is 12.3. The topological polar surface area (TPSA) is 64.3 Å². The molecule has 0 saturated carbocycles. The molecule has 1 atom stereocenters. The van der Waals surface area contributed by atoms with E-state index in [2.05, 4.69) is 32.2 Å². The molecule has 0 fully saturated rings. The number of anilines is 1. The van der Waals surface area contributed by atoms with Gasteiger partial charge in [0.2, 0.25) is 0 Å². The molecule has 1 unspecified atom stereocenters. The van der Waals surface area contributed by atoms with Crippen molar-refractivity contribution in [2.24, 2.45) is 5.73 Å². The normalized spacial score (nSPS) is 12.0. The maximum absolute atomic E-state index is 12.3. The molecule has 136 valence electrons. The molecule has 5 heteroatoms. The molecule has 0 aliphatic carbocycles. The number of halogens is 1. The first-order valence-electron chi connectivity index (χ1n) is 8.16. The zero-order chi connectivity index (χ0) is 17.7. The molecule has 0 radical (unpaired) electrons. The summed E-state index contributed by atoms with van der Waals surface area (Å²) in [5.41, 5.74) is 8.54. The minimum Gasteiger partial charge on any atom is -0.481 e. The first kappa shape index (κ1) is 21.0. The van der Waals surface area contributed by atoms with E-state index in [1.54, 1.807) is 6.92 Å². The lowest BCUT2D eigenvalue weighted by atomic mass is 9.87. The van der Waals surface area contributed by atoms with Crippen molar-refractivity contribution >= 4 is 24.0 Å². The number of carbonyl (C=O) groups is 1. The molecule has 3 N–H and O–H groups in total. The summed E-state index contributed by atoms with van der Waals surface area (Å²) < 4.78 is 5.80. The Labute approximate surface area is 156 Å². The third-order valence-electron chi connectivity index (χ3n) is 3.84. The lowest BCUT2D eigenvalue weighted by Gasteiger charge is -2.21. The fourth-order valence-corrected chi connectivity index (χ4v) is 2.26. The van der Waals surface area contributed by atoms with E-state index in [1.165, 1.54) is 5.56 Å². The fraction of sp³-hybridized carbons (Fsp3) is 0.350. The van der Waals surface area contributed by atoms with Crippen LogP contribution in [0.15, 0.2) is 48.5 Å². The number of nitrogens with two attached hydrogens (primary N) is 1. The minimum absolute atomic E-state index is 0. The van der Waals surface area contributed by atoms with Gasteiger partial charge in [-0.25, -0.2) is 0 Å². The van der Waals surface area contributed by atoms with Gasteiger partial charge in [-0.3, -0.25) is 4.79 Å². The van der Waals surface area contributed by atoms with Crippen LogP contribution in [0.5, 0.6) is 5.75 Å². The molecule has 1 amide bonds. The first-order chi connectivity index (χ1) is 11.3. The monoisotopic (exact) mass is 362 g/mol. The Morgan fingerprint density at radius 2 is 1.80 bits per heavy atom. The maximum Gasteiger partial charge on any atom is 0.265 e. The highest BCUT2D eigenvalue weighted by Crippen LogP contribution is 2.26. The van der Waals surface area contributed by atoms with E-state index in [4.69, 9.17) is 10.5 Å². The highest BCUT2D eigenvalue weighted by atomic mass is 35.5. The van der Waals surface area contributed by atoms with Gasteiger partial charge in [0.15, 0.2) is 6.10 Å². The Morgan fingerprint density at radius 1 is 1.16 bits per heavy atom. The summed E-state index contributed by atoms with van der Waals surface area (Å²) in [7, 11) is 0. The predicted octanol–water partition coefficient (Wildman–Crippen LogP) is 4.27. The van der Waals surface area contributed by atoms with Gasteiger partial charge in [0.25, 0.3) is 5.91 Å². The number of benzene rings is 2. The largest absolute Gasteiger partial charge is 0.481 e. The van der Waals surface area contributed by atoms with Crippen LogP contribution in [0.3, 0.4) is 0 Å². The van der Waals surface area contributed by atoms with E-state index in [9.17, 15) is 4.79 Å². The van der Waals surface area contributed by atoms with Crippen molar-refractivity contribution in [2.45, 2.75) is 45.8 Å². The summed E-state index contributed by atoms with van der Waals surface area (Å²) in [4.78, 5) is 12.3. The number of rotatable bonds is 5. The van der Waals surface area contributed by atoms with Gasteiger partial charge >= 0.3 is 0 Å². The van der Waals surface area contributed by atoms with Crippen molar-refractivity contribution in [1.29, 1.82) is 0 Å². The summed E-state index contributed by atoms with van der Waals surface area (Å²) in [6, 6.07) is 15.3. The number of carbonyl (C=O) groups excluding carboxylic acids is 1. The third kappa shape index (κ3) is 6.07. The van der Waals surface area contributed by atoms with Gasteiger partial charge in [0.05, 0.1) is 0 Å². The van der Waals surface area contributed by atoms with Crippen molar-refractivity contribution in [3.8, 4) is 5.75 Å². The Balaban J connectivity index is 0.00000312. The van der Waals surface area contributed by atoms with E-state index in [-0.39, 0.29) is 23.7 Å². The van der Waals surface area contributed by atoms with E-state index in [1.807, 2.05) is 42.5 Å². The second kappa shape index (κ2) is 8.88. The summed E-state index contributed by atoms with van der Waals surface area (Å²) >= 11 is 0. The first-order valence-corrected chi connectivity index (χ1v) is 8.16. The Hall–Kier alpha value is -2.04. The summed E-state index contributed by atoms with van der Waals surface area (Å²) in [6.45, 7) is 8.67. The highest BCUT2D eigenvalue weighted by molar-refractivity contribution is 5.94. The van der Waals surface area contributed by atoms with E-state index in [0.29, 0.717) is 12.3 Å². The molecule has 0 saturated heterocycles. The molecule has 4 nitrogen and oxygen atoms in total. The van der Waals surface area contributed by atoms with Gasteiger partial charge in [-0.1, -0.05) is 45.0 Å². The standard InChI is InChI=1S/C20H26N2O2.ClH/c1-14(19(23)22-17-10-8-15(13-21)9-11-17)24-18-7-5-6-16(12-18)20(2,3)4;/h5-12,14H,13,21H2,1-4H3,(H,22,23);1H. The predicted molar refractivity (Wildman–Crippen MR) is 105 cm³/mol. The molecule has 2 rings (SSSR count). The second-order valence-electron chi connectivity index (χ2n) is 6.93. The van der Waals surface area contributed by atoms with Crippen LogP contribution in [-0.2, 0) is 16.8 Å². The molecule has 2 aromatic carbocycles. The van der Waals surface area contributed by atoms with Gasteiger partial charge < -0.3 is 15.8 Å². The van der Waals surface area contributed by atoms with Crippen molar-refractivity contribution in [1.82, 2.24) is 0 Å². The van der Waals surface area contributed by atoms with Crippen LogP contribution < -0.4 is 15.8 Å². The second-order valence-corrected chi connectivity index (χ2v) is 6.93. The highest BCUT2D eigenvalue weighted by Gasteiger charge is 2.17. The number of amides is 1. The molecule has 0 aromatic heterocycles. The molecular weight excluding hydrogens is 336 g/mol. The number of ether oxygens (including phenoxy) is 1. The van der Waals surface area contributed by atoms with Gasteiger partial charge in [-0.2, -0.15) is 0 Å². The quantitative estimate of drug-likeness (QED) is 0.834.